The number of thioether (sulfide) groups is 2. The van der Waals surface area contributed by atoms with Gasteiger partial charge >= 0.3 is 0 Å². The van der Waals surface area contributed by atoms with Gasteiger partial charge in [-0.25, -0.2) is 0 Å². The summed E-state index contributed by atoms with van der Waals surface area (Å²) in [6.45, 7) is 3.42. The van der Waals surface area contributed by atoms with Crippen LogP contribution in [0.3, 0.4) is 0 Å². The molecule has 0 spiro atoms. The van der Waals surface area contributed by atoms with Crippen molar-refractivity contribution >= 4 is 34.9 Å². The Labute approximate surface area is 124 Å². The summed E-state index contributed by atoms with van der Waals surface area (Å²) in [5, 5.41) is 6.78. The van der Waals surface area contributed by atoms with Crippen molar-refractivity contribution in [3.05, 3.63) is 22.4 Å². The highest BCUT2D eigenvalue weighted by Crippen LogP contribution is 2.28. The molecular formula is C14H23NS3. The predicted molar refractivity (Wildman–Crippen MR) is 88.3 cm³/mol. The van der Waals surface area contributed by atoms with E-state index in [1.807, 2.05) is 11.3 Å². The Morgan fingerprint density at radius 3 is 3.06 bits per heavy atom. The van der Waals surface area contributed by atoms with Gasteiger partial charge in [-0.1, -0.05) is 13.0 Å². The van der Waals surface area contributed by atoms with Crippen LogP contribution in [-0.4, -0.2) is 35.1 Å². The zero-order valence-electron chi connectivity index (χ0n) is 11.1. The van der Waals surface area contributed by atoms with Gasteiger partial charge in [0.1, 0.15) is 0 Å². The summed E-state index contributed by atoms with van der Waals surface area (Å²) in [5.41, 5.74) is 0. The van der Waals surface area contributed by atoms with Crippen LogP contribution in [-0.2, 0) is 6.42 Å². The van der Waals surface area contributed by atoms with Gasteiger partial charge in [0.15, 0.2) is 0 Å². The summed E-state index contributed by atoms with van der Waals surface area (Å²) in [5.74, 6) is 4.00. The van der Waals surface area contributed by atoms with Crippen molar-refractivity contribution < 1.29 is 0 Å². The molecule has 1 aromatic heterocycles. The molecule has 0 aromatic carbocycles. The molecule has 0 amide bonds. The minimum Gasteiger partial charge on any atom is -0.313 e. The van der Waals surface area contributed by atoms with Crippen LogP contribution in [0.15, 0.2) is 17.5 Å². The van der Waals surface area contributed by atoms with E-state index in [0.29, 0.717) is 6.04 Å². The SMILES string of the molecule is CCCNC(CCc1cccs1)C1CSCCS1. The summed E-state index contributed by atoms with van der Waals surface area (Å²) < 4.78 is 0. The monoisotopic (exact) mass is 301 g/mol. The predicted octanol–water partition coefficient (Wildman–Crippen LogP) is 3.90. The molecule has 102 valence electrons. The third-order valence-electron chi connectivity index (χ3n) is 3.23. The molecular weight excluding hydrogens is 278 g/mol. The third kappa shape index (κ3) is 4.80. The van der Waals surface area contributed by atoms with Gasteiger partial charge in [-0.15, -0.1) is 11.3 Å². The Balaban J connectivity index is 1.83. The van der Waals surface area contributed by atoms with Crippen molar-refractivity contribution in [3.63, 3.8) is 0 Å². The fourth-order valence-electron chi connectivity index (χ4n) is 2.24. The summed E-state index contributed by atoms with van der Waals surface area (Å²) in [7, 11) is 0. The number of thiophene rings is 1. The summed E-state index contributed by atoms with van der Waals surface area (Å²) >= 11 is 6.20. The van der Waals surface area contributed by atoms with Gasteiger partial charge < -0.3 is 5.32 Å². The largest absolute Gasteiger partial charge is 0.313 e. The molecule has 0 bridgehead atoms. The zero-order chi connectivity index (χ0) is 12.6. The molecule has 2 heterocycles. The number of hydrogen-bond donors (Lipinski definition) is 1. The Bertz CT molecular complexity index is 307. The number of aryl methyl sites for hydroxylation is 1. The first kappa shape index (κ1) is 14.8. The van der Waals surface area contributed by atoms with Crippen LogP contribution in [0.2, 0.25) is 0 Å². The minimum absolute atomic E-state index is 0.699. The normalized spacial score (nSPS) is 21.9. The molecule has 0 saturated carbocycles. The van der Waals surface area contributed by atoms with E-state index < -0.39 is 0 Å². The molecule has 1 aromatic rings. The molecule has 2 unspecified atom stereocenters. The fraction of sp³-hybridized carbons (Fsp3) is 0.714. The van der Waals surface area contributed by atoms with Crippen molar-refractivity contribution in [1.82, 2.24) is 5.32 Å². The van der Waals surface area contributed by atoms with Crippen molar-refractivity contribution in [3.8, 4) is 0 Å². The molecule has 0 aliphatic carbocycles. The number of hydrogen-bond acceptors (Lipinski definition) is 4. The maximum absolute atomic E-state index is 3.77. The lowest BCUT2D eigenvalue weighted by Gasteiger charge is -2.30. The molecule has 1 fully saturated rings. The highest BCUT2D eigenvalue weighted by atomic mass is 32.2. The summed E-state index contributed by atoms with van der Waals surface area (Å²) in [6.07, 6.45) is 3.76. The Morgan fingerprint density at radius 1 is 1.44 bits per heavy atom. The standard InChI is InChI=1S/C14H23NS3/c1-2-7-15-13(14-11-16-9-10-18-14)6-5-12-4-3-8-17-12/h3-4,8,13-15H,2,5-7,9-11H2,1H3. The molecule has 1 N–H and O–H groups in total. The third-order valence-corrected chi connectivity index (χ3v) is 7.09. The van der Waals surface area contributed by atoms with E-state index >= 15 is 0 Å². The second-order valence-electron chi connectivity index (χ2n) is 4.66. The summed E-state index contributed by atoms with van der Waals surface area (Å²) in [6, 6.07) is 5.13. The van der Waals surface area contributed by atoms with Crippen molar-refractivity contribution in [2.75, 3.05) is 23.8 Å². The molecule has 4 heteroatoms. The van der Waals surface area contributed by atoms with Gasteiger partial charge in [0.25, 0.3) is 0 Å². The molecule has 1 saturated heterocycles. The van der Waals surface area contributed by atoms with Gasteiger partial charge in [0, 0.05) is 33.4 Å². The van der Waals surface area contributed by atoms with E-state index in [0.717, 1.165) is 11.8 Å². The molecule has 2 atom stereocenters. The van der Waals surface area contributed by atoms with Gasteiger partial charge in [-0.3, -0.25) is 0 Å². The lowest BCUT2D eigenvalue weighted by atomic mass is 10.1. The summed E-state index contributed by atoms with van der Waals surface area (Å²) in [4.78, 5) is 1.53. The molecule has 2 rings (SSSR count). The van der Waals surface area contributed by atoms with Crippen molar-refractivity contribution in [2.24, 2.45) is 0 Å². The van der Waals surface area contributed by atoms with Crippen LogP contribution in [0.25, 0.3) is 0 Å². The Morgan fingerprint density at radius 2 is 2.39 bits per heavy atom. The maximum Gasteiger partial charge on any atom is 0.0292 e. The minimum atomic E-state index is 0.699. The van der Waals surface area contributed by atoms with E-state index in [9.17, 15) is 0 Å². The molecule has 0 radical (unpaired) electrons. The topological polar surface area (TPSA) is 12.0 Å². The van der Waals surface area contributed by atoms with E-state index in [1.54, 1.807) is 0 Å². The average molecular weight is 302 g/mol. The van der Waals surface area contributed by atoms with Crippen LogP contribution in [0.1, 0.15) is 24.6 Å². The second kappa shape index (κ2) is 8.51. The quantitative estimate of drug-likeness (QED) is 0.820. The van der Waals surface area contributed by atoms with Crippen LogP contribution >= 0.6 is 34.9 Å². The van der Waals surface area contributed by atoms with Crippen LogP contribution < -0.4 is 5.32 Å². The van der Waals surface area contributed by atoms with Gasteiger partial charge in [0.2, 0.25) is 0 Å². The smallest absolute Gasteiger partial charge is 0.0292 e. The first-order valence-corrected chi connectivity index (χ1v) is 9.93. The molecule has 18 heavy (non-hydrogen) atoms. The first-order valence-electron chi connectivity index (χ1n) is 6.85. The molecule has 1 nitrogen and oxygen atoms in total. The van der Waals surface area contributed by atoms with Gasteiger partial charge in [-0.05, 0) is 37.3 Å². The highest BCUT2D eigenvalue weighted by molar-refractivity contribution is 8.06. The van der Waals surface area contributed by atoms with Crippen molar-refractivity contribution in [2.45, 2.75) is 37.5 Å². The highest BCUT2D eigenvalue weighted by Gasteiger charge is 2.23. The van der Waals surface area contributed by atoms with Gasteiger partial charge in [-0.2, -0.15) is 23.5 Å². The Hall–Kier alpha value is 0.360. The molecule has 1 aliphatic heterocycles. The second-order valence-corrected chi connectivity index (χ2v) is 8.19. The Kier molecular flexibility index (Phi) is 6.98. The molecule has 1 aliphatic rings. The zero-order valence-corrected chi connectivity index (χ0v) is 13.5. The van der Waals surface area contributed by atoms with Crippen LogP contribution in [0.5, 0.6) is 0 Å². The lowest BCUT2D eigenvalue weighted by Crippen LogP contribution is -2.41. The fourth-order valence-corrected chi connectivity index (χ4v) is 5.89. The van der Waals surface area contributed by atoms with E-state index in [1.165, 1.54) is 41.4 Å². The van der Waals surface area contributed by atoms with Crippen LogP contribution in [0, 0.1) is 0 Å². The van der Waals surface area contributed by atoms with E-state index in [-0.39, 0.29) is 0 Å². The average Bonchev–Trinajstić information content (AvgIpc) is 2.93. The first-order chi connectivity index (χ1) is 8.90. The van der Waals surface area contributed by atoms with Gasteiger partial charge in [0.05, 0.1) is 0 Å². The van der Waals surface area contributed by atoms with Crippen molar-refractivity contribution in [1.29, 1.82) is 0 Å². The lowest BCUT2D eigenvalue weighted by molar-refractivity contribution is 0.480. The van der Waals surface area contributed by atoms with E-state index in [2.05, 4.69) is 53.3 Å². The number of nitrogens with one attached hydrogen (secondary N) is 1. The van der Waals surface area contributed by atoms with E-state index in [4.69, 9.17) is 0 Å². The van der Waals surface area contributed by atoms with Crippen LogP contribution in [0.4, 0.5) is 0 Å². The maximum atomic E-state index is 3.77. The number of rotatable bonds is 7.